The lowest BCUT2D eigenvalue weighted by Crippen LogP contribution is -2.18. The number of ether oxygens (including phenoxy) is 1. The van der Waals surface area contributed by atoms with Gasteiger partial charge in [-0.1, -0.05) is 18.6 Å². The zero-order chi connectivity index (χ0) is 13.3. The van der Waals surface area contributed by atoms with Crippen LogP contribution >= 0.6 is 0 Å². The fraction of sp³-hybridized carbons (Fsp3) is 0.786. The van der Waals surface area contributed by atoms with Crippen molar-refractivity contribution in [3.05, 3.63) is 11.6 Å². The maximum atomic E-state index is 11.1. The van der Waals surface area contributed by atoms with Crippen LogP contribution in [-0.2, 0) is 9.53 Å². The lowest BCUT2D eigenvalue weighted by molar-refractivity contribution is -0.145. The number of carbonyl (C=O) groups excluding carboxylic acids is 1. The molecule has 0 spiro atoms. The van der Waals surface area contributed by atoms with E-state index in [1.165, 1.54) is 5.57 Å². The summed E-state index contributed by atoms with van der Waals surface area (Å²) in [5, 5.41) is 9.71. The maximum Gasteiger partial charge on any atom is 0.308 e. The van der Waals surface area contributed by atoms with Gasteiger partial charge in [0.25, 0.3) is 0 Å². The average molecular weight is 242 g/mol. The molecule has 2 atom stereocenters. The number of carbonyl (C=O) groups is 1. The quantitative estimate of drug-likeness (QED) is 0.525. The molecular formula is C14H26O3. The normalized spacial score (nSPS) is 13.9. The average Bonchev–Trinajstić information content (AvgIpc) is 2.16. The summed E-state index contributed by atoms with van der Waals surface area (Å²) >= 11 is 0. The zero-order valence-corrected chi connectivity index (χ0v) is 11.5. The fourth-order valence-corrected chi connectivity index (χ4v) is 1.73. The molecule has 17 heavy (non-hydrogen) atoms. The number of hydrogen-bond donors (Lipinski definition) is 1. The van der Waals surface area contributed by atoms with Crippen molar-refractivity contribution in [3.8, 4) is 0 Å². The Morgan fingerprint density at radius 3 is 2.59 bits per heavy atom. The molecular weight excluding hydrogens is 216 g/mol. The summed E-state index contributed by atoms with van der Waals surface area (Å²) in [6.45, 7) is 8.42. The number of aliphatic hydroxyl groups is 1. The van der Waals surface area contributed by atoms with Gasteiger partial charge in [-0.2, -0.15) is 0 Å². The van der Waals surface area contributed by atoms with Gasteiger partial charge in [0.15, 0.2) is 0 Å². The summed E-state index contributed by atoms with van der Waals surface area (Å²) in [5.74, 6) is 0.117. The van der Waals surface area contributed by atoms with Crippen LogP contribution in [0.4, 0.5) is 0 Å². The summed E-state index contributed by atoms with van der Waals surface area (Å²) in [7, 11) is 0. The van der Waals surface area contributed by atoms with Gasteiger partial charge in [-0.15, -0.1) is 0 Å². The smallest absolute Gasteiger partial charge is 0.308 e. The molecule has 0 aromatic rings. The summed E-state index contributed by atoms with van der Waals surface area (Å²) in [6.07, 6.45) is 4.49. The highest BCUT2D eigenvalue weighted by Gasteiger charge is 2.14. The van der Waals surface area contributed by atoms with Crippen molar-refractivity contribution in [2.45, 2.75) is 59.5 Å². The second-order valence-electron chi connectivity index (χ2n) is 4.86. The molecule has 0 saturated heterocycles. The van der Waals surface area contributed by atoms with Crippen molar-refractivity contribution in [3.63, 3.8) is 0 Å². The Kier molecular flexibility index (Phi) is 8.78. The first-order chi connectivity index (χ1) is 7.95. The first-order valence-electron chi connectivity index (χ1n) is 6.42. The highest BCUT2D eigenvalue weighted by Crippen LogP contribution is 2.15. The van der Waals surface area contributed by atoms with E-state index in [2.05, 4.69) is 26.8 Å². The minimum atomic E-state index is -0.573. The first kappa shape index (κ1) is 16.2. The lowest BCUT2D eigenvalue weighted by Gasteiger charge is -2.15. The molecule has 0 bridgehead atoms. The van der Waals surface area contributed by atoms with Gasteiger partial charge in [-0.3, -0.25) is 4.79 Å². The molecule has 0 heterocycles. The molecule has 100 valence electrons. The van der Waals surface area contributed by atoms with E-state index in [1.807, 2.05) is 0 Å². The molecule has 0 aliphatic heterocycles. The summed E-state index contributed by atoms with van der Waals surface area (Å²) in [5.41, 5.74) is 1.32. The Balaban J connectivity index is 3.75. The molecule has 0 aromatic carbocycles. The zero-order valence-electron chi connectivity index (χ0n) is 11.5. The highest BCUT2D eigenvalue weighted by molar-refractivity contribution is 5.69. The van der Waals surface area contributed by atoms with Gasteiger partial charge in [-0.05, 0) is 46.0 Å². The Bertz CT molecular complexity index is 242. The predicted octanol–water partition coefficient (Wildman–Crippen LogP) is 3.07. The minimum Gasteiger partial charge on any atom is -0.466 e. The van der Waals surface area contributed by atoms with Gasteiger partial charge >= 0.3 is 5.97 Å². The van der Waals surface area contributed by atoms with Crippen molar-refractivity contribution >= 4 is 5.97 Å². The standard InChI is InChI=1S/C14H26O3/c1-5-17-14(16)10-13(15)9-12(4)8-6-7-11(2)3/h7,12-13,15H,5-6,8-10H2,1-4H3. The van der Waals surface area contributed by atoms with Crippen LogP contribution in [-0.4, -0.2) is 23.8 Å². The molecule has 0 aliphatic carbocycles. The van der Waals surface area contributed by atoms with E-state index in [4.69, 9.17) is 4.74 Å². The second-order valence-corrected chi connectivity index (χ2v) is 4.86. The van der Waals surface area contributed by atoms with Crippen LogP contribution in [0.2, 0.25) is 0 Å². The number of rotatable bonds is 8. The fourth-order valence-electron chi connectivity index (χ4n) is 1.73. The van der Waals surface area contributed by atoms with E-state index in [9.17, 15) is 9.90 Å². The predicted molar refractivity (Wildman–Crippen MR) is 69.7 cm³/mol. The maximum absolute atomic E-state index is 11.1. The monoisotopic (exact) mass is 242 g/mol. The molecule has 2 unspecified atom stereocenters. The number of esters is 1. The van der Waals surface area contributed by atoms with Gasteiger partial charge in [-0.25, -0.2) is 0 Å². The van der Waals surface area contributed by atoms with E-state index in [0.29, 0.717) is 18.9 Å². The lowest BCUT2D eigenvalue weighted by atomic mass is 9.96. The molecule has 3 nitrogen and oxygen atoms in total. The van der Waals surface area contributed by atoms with E-state index in [1.54, 1.807) is 6.92 Å². The molecule has 1 N–H and O–H groups in total. The Labute approximate surface area is 105 Å². The van der Waals surface area contributed by atoms with Crippen LogP contribution in [0.15, 0.2) is 11.6 Å². The molecule has 0 amide bonds. The Morgan fingerprint density at radius 1 is 1.41 bits per heavy atom. The number of hydrogen-bond acceptors (Lipinski definition) is 3. The van der Waals surface area contributed by atoms with Crippen LogP contribution in [0.3, 0.4) is 0 Å². The largest absolute Gasteiger partial charge is 0.466 e. The number of aliphatic hydroxyl groups excluding tert-OH is 1. The van der Waals surface area contributed by atoms with Crippen LogP contribution in [0, 0.1) is 5.92 Å². The highest BCUT2D eigenvalue weighted by atomic mass is 16.5. The molecule has 3 heteroatoms. The number of allylic oxidation sites excluding steroid dienone is 2. The van der Waals surface area contributed by atoms with Crippen molar-refractivity contribution < 1.29 is 14.6 Å². The van der Waals surface area contributed by atoms with E-state index >= 15 is 0 Å². The van der Waals surface area contributed by atoms with Gasteiger partial charge in [0, 0.05) is 0 Å². The van der Waals surface area contributed by atoms with Crippen molar-refractivity contribution in [2.24, 2.45) is 5.92 Å². The summed E-state index contributed by atoms with van der Waals surface area (Å²) < 4.78 is 4.80. The third-order valence-electron chi connectivity index (χ3n) is 2.59. The van der Waals surface area contributed by atoms with Crippen LogP contribution in [0.1, 0.15) is 53.4 Å². The third kappa shape index (κ3) is 10.1. The van der Waals surface area contributed by atoms with E-state index in [0.717, 1.165) is 12.8 Å². The molecule has 0 rings (SSSR count). The molecule has 0 radical (unpaired) electrons. The van der Waals surface area contributed by atoms with Gasteiger partial charge in [0.2, 0.25) is 0 Å². The summed E-state index contributed by atoms with van der Waals surface area (Å²) in [4.78, 5) is 11.1. The summed E-state index contributed by atoms with van der Waals surface area (Å²) in [6, 6.07) is 0. The van der Waals surface area contributed by atoms with Crippen molar-refractivity contribution in [2.75, 3.05) is 6.61 Å². The molecule has 0 saturated carbocycles. The first-order valence-corrected chi connectivity index (χ1v) is 6.42. The van der Waals surface area contributed by atoms with Gasteiger partial charge < -0.3 is 9.84 Å². The molecule has 0 aliphatic rings. The topological polar surface area (TPSA) is 46.5 Å². The second kappa shape index (κ2) is 9.23. The van der Waals surface area contributed by atoms with Gasteiger partial charge in [0.05, 0.1) is 19.1 Å². The third-order valence-corrected chi connectivity index (χ3v) is 2.59. The van der Waals surface area contributed by atoms with Crippen molar-refractivity contribution in [1.29, 1.82) is 0 Å². The molecule has 0 fully saturated rings. The Hall–Kier alpha value is -0.830. The van der Waals surface area contributed by atoms with E-state index in [-0.39, 0.29) is 12.4 Å². The SMILES string of the molecule is CCOC(=O)CC(O)CC(C)CCC=C(C)C. The molecule has 0 aromatic heterocycles. The van der Waals surface area contributed by atoms with Crippen LogP contribution in [0.5, 0.6) is 0 Å². The minimum absolute atomic E-state index is 0.112. The van der Waals surface area contributed by atoms with Gasteiger partial charge in [0.1, 0.15) is 0 Å². The van der Waals surface area contributed by atoms with Crippen LogP contribution in [0.25, 0.3) is 0 Å². The Morgan fingerprint density at radius 2 is 2.06 bits per heavy atom. The van der Waals surface area contributed by atoms with Crippen molar-refractivity contribution in [1.82, 2.24) is 0 Å². The van der Waals surface area contributed by atoms with Crippen LogP contribution < -0.4 is 0 Å². The van der Waals surface area contributed by atoms with E-state index < -0.39 is 6.10 Å².